The fourth-order valence-corrected chi connectivity index (χ4v) is 16.0. The number of pyridine rings is 2. The van der Waals surface area contributed by atoms with E-state index in [0.717, 1.165) is 105 Å². The minimum atomic E-state index is 0.530. The van der Waals surface area contributed by atoms with E-state index in [1.54, 1.807) is 0 Å². The molecule has 7 nitrogen and oxygen atoms in total. The molecule has 0 unspecified atom stereocenters. The molecule has 0 aliphatic carbocycles. The van der Waals surface area contributed by atoms with Gasteiger partial charge in [0.05, 0.1) is 44.7 Å². The normalized spacial score (nSPS) is 11.9. The van der Waals surface area contributed by atoms with Crippen LogP contribution in [0.2, 0.25) is 0 Å². The van der Waals surface area contributed by atoms with Crippen LogP contribution in [0.15, 0.2) is 297 Å². The highest BCUT2D eigenvalue weighted by molar-refractivity contribution is 7.26. The largest absolute Gasteiger partial charge is 0.307 e. The average Bonchev–Trinajstić information content (AvgIpc) is 1.55. The lowest BCUT2D eigenvalue weighted by atomic mass is 9.98. The molecule has 0 fully saturated rings. The zero-order chi connectivity index (χ0) is 60.4. The molecule has 0 bridgehead atoms. The van der Waals surface area contributed by atoms with Crippen molar-refractivity contribution in [1.82, 2.24) is 34.1 Å². The molecular weight excluding hydrogens is 1160 g/mol. The van der Waals surface area contributed by atoms with Gasteiger partial charge in [-0.3, -0.25) is 9.55 Å². The lowest BCUT2D eigenvalue weighted by molar-refractivity contribution is 0.954. The van der Waals surface area contributed by atoms with Crippen LogP contribution in [0.1, 0.15) is 0 Å². The van der Waals surface area contributed by atoms with Crippen LogP contribution >= 0.6 is 22.7 Å². The number of hydrogen-bond donors (Lipinski definition) is 0. The number of thiophene rings is 2. The maximum absolute atomic E-state index is 5.61. The predicted octanol–water partition coefficient (Wildman–Crippen LogP) is 22.4. The maximum atomic E-state index is 5.61. The Balaban J connectivity index is 0.812. The summed E-state index contributed by atoms with van der Waals surface area (Å²) in [6.45, 7) is 0. The molecular formula is C83H49N7S2. The summed E-state index contributed by atoms with van der Waals surface area (Å²) < 4.78 is 9.54. The lowest BCUT2D eigenvalue weighted by Gasteiger charge is -2.14. The van der Waals surface area contributed by atoms with Crippen molar-refractivity contribution < 1.29 is 0 Å². The standard InChI is InChI=1S/C83H49N7S2/c1-4-17-50(18-5-1)53-33-37-76-65(44-53)67-46-57(35-39-78(67)91-76)81-86-82(58-36-40-79-68(47-58)66-45-54(34-38-77(66)92-79)51-19-6-2-7-20-51)88-83(87-81)90-72-31-13-11-26-61(72)64-48-63-60-25-10-12-30-71(60)89(74(63)49-75(64)90)73-32-15-27-62-59(41-42-84-80(62)73)55-23-14-24-56(43-55)70-29-16-28-69(85-70)52-21-8-3-9-22-52/h1-49H. The van der Waals surface area contributed by atoms with E-state index in [-0.39, 0.29) is 0 Å². The van der Waals surface area contributed by atoms with Crippen molar-refractivity contribution in [2.45, 2.75) is 0 Å². The Labute approximate surface area is 535 Å². The highest BCUT2D eigenvalue weighted by atomic mass is 32.1. The smallest absolute Gasteiger partial charge is 0.238 e. The van der Waals surface area contributed by atoms with E-state index in [1.807, 2.05) is 34.9 Å². The van der Waals surface area contributed by atoms with Crippen molar-refractivity contribution in [2.24, 2.45) is 0 Å². The van der Waals surface area contributed by atoms with Crippen LogP contribution < -0.4 is 0 Å². The van der Waals surface area contributed by atoms with Crippen LogP contribution in [0.5, 0.6) is 0 Å². The number of benzene rings is 12. The van der Waals surface area contributed by atoms with Crippen LogP contribution in [0.25, 0.3) is 185 Å². The number of nitrogens with zero attached hydrogens (tertiary/aromatic N) is 7. The highest BCUT2D eigenvalue weighted by Crippen LogP contribution is 2.45. The third-order valence-corrected chi connectivity index (χ3v) is 20.5. The molecule has 0 atom stereocenters. The van der Waals surface area contributed by atoms with Gasteiger partial charge in [0, 0.05) is 95.7 Å². The Bertz CT molecular complexity index is 6030. The maximum Gasteiger partial charge on any atom is 0.238 e. The summed E-state index contributed by atoms with van der Waals surface area (Å²) in [4.78, 5) is 27.1. The first-order chi connectivity index (χ1) is 45.6. The van der Waals surface area contributed by atoms with Crippen LogP contribution in [0.3, 0.4) is 0 Å². The molecule has 0 saturated carbocycles. The molecule has 19 rings (SSSR count). The number of para-hydroxylation sites is 3. The van der Waals surface area contributed by atoms with Gasteiger partial charge in [-0.15, -0.1) is 22.7 Å². The molecule has 19 aromatic rings. The van der Waals surface area contributed by atoms with E-state index in [1.165, 1.54) is 62.6 Å². The lowest BCUT2D eigenvalue weighted by Crippen LogP contribution is -2.06. The zero-order valence-corrected chi connectivity index (χ0v) is 50.9. The number of aromatic nitrogens is 7. The summed E-state index contributed by atoms with van der Waals surface area (Å²) in [7, 11) is 0. The Morgan fingerprint density at radius 1 is 0.250 bits per heavy atom. The van der Waals surface area contributed by atoms with Gasteiger partial charge in [-0.05, 0) is 149 Å². The molecule has 9 heteroatoms. The fraction of sp³-hybridized carbons (Fsp3) is 0. The first-order valence-electron chi connectivity index (χ1n) is 30.9. The van der Waals surface area contributed by atoms with Gasteiger partial charge in [0.1, 0.15) is 0 Å². The summed E-state index contributed by atoms with van der Waals surface area (Å²) in [5.41, 5.74) is 18.7. The van der Waals surface area contributed by atoms with Crippen LogP contribution in [-0.2, 0) is 0 Å². The van der Waals surface area contributed by atoms with E-state index in [2.05, 4.69) is 294 Å². The van der Waals surface area contributed by atoms with Crippen molar-refractivity contribution in [2.75, 3.05) is 0 Å². The first-order valence-corrected chi connectivity index (χ1v) is 32.5. The fourth-order valence-electron chi connectivity index (χ4n) is 13.9. The zero-order valence-electron chi connectivity index (χ0n) is 49.2. The molecule has 0 radical (unpaired) electrons. The van der Waals surface area contributed by atoms with Gasteiger partial charge in [-0.2, -0.15) is 9.97 Å². The van der Waals surface area contributed by atoms with E-state index in [9.17, 15) is 0 Å². The molecule has 0 aliphatic heterocycles. The predicted molar refractivity (Wildman–Crippen MR) is 385 cm³/mol. The SMILES string of the molecule is c1ccc(-c2ccc3sc4ccc(-c5nc(-c6ccc7sc8ccc(-c9ccccc9)cc8c7c6)nc(-n6c7ccccc7c7cc8c9ccccc9n(-c9cccc%10c(-c%11cccc(-c%12cccc(-c%13ccccc%13)n%12)c%11)ccnc9%10)c8cc76)n5)cc4c3c2)cc1. The molecule has 428 valence electrons. The van der Waals surface area contributed by atoms with E-state index >= 15 is 0 Å². The molecule has 0 N–H and O–H groups in total. The Kier molecular flexibility index (Phi) is 11.9. The summed E-state index contributed by atoms with van der Waals surface area (Å²) >= 11 is 3.62. The van der Waals surface area contributed by atoms with Gasteiger partial charge in [-0.1, -0.05) is 176 Å². The van der Waals surface area contributed by atoms with E-state index in [4.69, 9.17) is 24.9 Å². The Morgan fingerprint density at radius 3 is 1.30 bits per heavy atom. The van der Waals surface area contributed by atoms with Crippen molar-refractivity contribution >= 4 is 118 Å². The Morgan fingerprint density at radius 2 is 0.707 bits per heavy atom. The first kappa shape index (κ1) is 52.2. The van der Waals surface area contributed by atoms with E-state index < -0.39 is 0 Å². The third-order valence-electron chi connectivity index (χ3n) is 18.2. The van der Waals surface area contributed by atoms with E-state index in [0.29, 0.717) is 17.6 Å². The van der Waals surface area contributed by atoms with Crippen molar-refractivity contribution in [3.05, 3.63) is 297 Å². The van der Waals surface area contributed by atoms with Gasteiger partial charge in [0.15, 0.2) is 11.6 Å². The topological polar surface area (TPSA) is 74.3 Å². The van der Waals surface area contributed by atoms with Gasteiger partial charge < -0.3 is 4.57 Å². The average molecular weight is 1210 g/mol. The Hall–Kier alpha value is -11.8. The second-order valence-electron chi connectivity index (χ2n) is 23.5. The summed E-state index contributed by atoms with van der Waals surface area (Å²) in [5, 5.41) is 10.3. The minimum absolute atomic E-state index is 0.530. The number of fused-ring (bicyclic) bond motifs is 13. The van der Waals surface area contributed by atoms with Crippen molar-refractivity contribution in [3.8, 4) is 90.3 Å². The van der Waals surface area contributed by atoms with Gasteiger partial charge in [-0.25, -0.2) is 9.97 Å². The molecule has 0 spiro atoms. The third kappa shape index (κ3) is 8.51. The molecule has 7 aromatic heterocycles. The molecule has 0 saturated heterocycles. The monoisotopic (exact) mass is 1210 g/mol. The van der Waals surface area contributed by atoms with Gasteiger partial charge in [0.2, 0.25) is 5.95 Å². The molecule has 0 aliphatic rings. The highest BCUT2D eigenvalue weighted by Gasteiger charge is 2.24. The van der Waals surface area contributed by atoms with Gasteiger partial charge in [0.25, 0.3) is 0 Å². The van der Waals surface area contributed by atoms with Crippen LogP contribution in [0.4, 0.5) is 0 Å². The summed E-state index contributed by atoms with van der Waals surface area (Å²) in [5.74, 6) is 1.71. The molecule has 92 heavy (non-hydrogen) atoms. The molecule has 12 aromatic carbocycles. The molecule has 7 heterocycles. The quantitative estimate of drug-likeness (QED) is 0.144. The number of hydrogen-bond acceptors (Lipinski definition) is 7. The second kappa shape index (κ2) is 20.9. The van der Waals surface area contributed by atoms with Gasteiger partial charge >= 0.3 is 0 Å². The van der Waals surface area contributed by atoms with Crippen LogP contribution in [-0.4, -0.2) is 34.1 Å². The molecule has 0 amide bonds. The second-order valence-corrected chi connectivity index (χ2v) is 25.7. The summed E-state index contributed by atoms with van der Waals surface area (Å²) in [6.07, 6.45) is 1.95. The van der Waals surface area contributed by atoms with Crippen molar-refractivity contribution in [1.29, 1.82) is 0 Å². The van der Waals surface area contributed by atoms with Crippen LogP contribution in [0, 0.1) is 0 Å². The minimum Gasteiger partial charge on any atom is -0.307 e. The number of rotatable bonds is 9. The van der Waals surface area contributed by atoms with Crippen molar-refractivity contribution in [3.63, 3.8) is 0 Å². The summed E-state index contributed by atoms with van der Waals surface area (Å²) in [6, 6.07) is 104.